The predicted octanol–water partition coefficient (Wildman–Crippen LogP) is 3.46. The van der Waals surface area contributed by atoms with Crippen LogP contribution >= 0.6 is 12.0 Å². The first-order valence-electron chi connectivity index (χ1n) is 6.51. The number of ether oxygens (including phenoxy) is 1. The third-order valence-corrected chi connectivity index (χ3v) is 3.79. The minimum absolute atomic E-state index is 0.453. The molecule has 0 saturated heterocycles. The second-order valence-electron chi connectivity index (χ2n) is 4.49. The number of fused-ring (bicyclic) bond motifs is 1. The lowest BCUT2D eigenvalue weighted by Gasteiger charge is -2.23. The molecule has 1 aromatic carbocycles. The van der Waals surface area contributed by atoms with Gasteiger partial charge in [0.15, 0.2) is 0 Å². The van der Waals surface area contributed by atoms with Crippen molar-refractivity contribution in [3.05, 3.63) is 23.8 Å². The number of hydrogen-bond acceptors (Lipinski definition) is 4. The first kappa shape index (κ1) is 14.2. The first-order chi connectivity index (χ1) is 9.22. The topological polar surface area (TPSA) is 55.8 Å². The highest BCUT2D eigenvalue weighted by atomic mass is 32.2. The highest BCUT2D eigenvalue weighted by Gasteiger charge is 2.27. The zero-order valence-corrected chi connectivity index (χ0v) is 11.7. The zero-order chi connectivity index (χ0) is 13.7. The Bertz CT molecular complexity index is 447. The van der Waals surface area contributed by atoms with Crippen molar-refractivity contribution in [3.8, 4) is 5.75 Å². The average Bonchev–Trinajstić information content (AvgIpc) is 2.42. The number of rotatable bonds is 6. The first-order valence-corrected chi connectivity index (χ1v) is 7.25. The summed E-state index contributed by atoms with van der Waals surface area (Å²) in [5.41, 5.74) is 0.761. The third-order valence-electron chi connectivity index (χ3n) is 3.06. The molecule has 5 heteroatoms. The summed E-state index contributed by atoms with van der Waals surface area (Å²) in [7, 11) is 0. The van der Waals surface area contributed by atoms with E-state index in [2.05, 4.69) is 6.92 Å². The van der Waals surface area contributed by atoms with Crippen molar-refractivity contribution < 1.29 is 18.8 Å². The van der Waals surface area contributed by atoms with Gasteiger partial charge in [-0.2, -0.15) is 0 Å². The molecular formula is C14H18O4S. The number of benzene rings is 1. The number of carboxylic acids is 1. The third kappa shape index (κ3) is 3.64. The van der Waals surface area contributed by atoms with E-state index in [0.717, 1.165) is 29.9 Å². The maximum Gasteiger partial charge on any atom is 0.311 e. The van der Waals surface area contributed by atoms with Gasteiger partial charge in [0.1, 0.15) is 5.75 Å². The van der Waals surface area contributed by atoms with Gasteiger partial charge < -0.3 is 14.0 Å². The van der Waals surface area contributed by atoms with Gasteiger partial charge in [0.25, 0.3) is 0 Å². The van der Waals surface area contributed by atoms with Crippen molar-refractivity contribution in [2.75, 3.05) is 13.2 Å². The van der Waals surface area contributed by atoms with Gasteiger partial charge in [-0.1, -0.05) is 19.4 Å². The summed E-state index contributed by atoms with van der Waals surface area (Å²) in [5.74, 6) is -0.573. The van der Waals surface area contributed by atoms with E-state index in [9.17, 15) is 4.79 Å². The van der Waals surface area contributed by atoms with Crippen LogP contribution in [-0.4, -0.2) is 24.3 Å². The molecule has 0 aromatic heterocycles. The summed E-state index contributed by atoms with van der Waals surface area (Å²) in [5, 5.41) is 9.17. The summed E-state index contributed by atoms with van der Waals surface area (Å²) in [4.78, 5) is 12.1. The molecule has 1 heterocycles. The number of carbonyl (C=O) groups is 1. The molecule has 0 spiro atoms. The Kier molecular flexibility index (Phi) is 5.10. The van der Waals surface area contributed by atoms with Crippen LogP contribution in [0.2, 0.25) is 0 Å². The van der Waals surface area contributed by atoms with Gasteiger partial charge in [0.05, 0.1) is 19.1 Å². The summed E-state index contributed by atoms with van der Waals surface area (Å²) < 4.78 is 11.0. The molecule has 1 aliphatic rings. The van der Waals surface area contributed by atoms with E-state index in [1.807, 2.05) is 18.2 Å². The standard InChI is InChI=1S/C14H18O4S/c1-2-3-7-18-19-10-4-5-11-12(14(15)16)6-8-17-13(11)9-10/h4-5,9,12H,2-3,6-8H2,1H3,(H,15,16). The van der Waals surface area contributed by atoms with Gasteiger partial charge in [-0.15, -0.1) is 0 Å². The van der Waals surface area contributed by atoms with Crippen molar-refractivity contribution in [1.29, 1.82) is 0 Å². The Balaban J connectivity index is 2.04. The maximum absolute atomic E-state index is 11.2. The molecule has 1 aromatic rings. The maximum atomic E-state index is 11.2. The molecule has 1 atom stereocenters. The van der Waals surface area contributed by atoms with Crippen molar-refractivity contribution in [2.45, 2.75) is 37.0 Å². The van der Waals surface area contributed by atoms with Crippen LogP contribution in [0.5, 0.6) is 5.75 Å². The molecule has 19 heavy (non-hydrogen) atoms. The molecule has 0 bridgehead atoms. The van der Waals surface area contributed by atoms with Gasteiger partial charge >= 0.3 is 5.97 Å². The molecule has 104 valence electrons. The Hall–Kier alpha value is -1.20. The van der Waals surface area contributed by atoms with Crippen molar-refractivity contribution in [2.24, 2.45) is 0 Å². The Labute approximate surface area is 117 Å². The fourth-order valence-corrected chi connectivity index (χ4v) is 2.61. The number of aliphatic carboxylic acids is 1. The van der Waals surface area contributed by atoms with E-state index in [-0.39, 0.29) is 0 Å². The summed E-state index contributed by atoms with van der Waals surface area (Å²) >= 11 is 1.32. The molecular weight excluding hydrogens is 264 g/mol. The van der Waals surface area contributed by atoms with Gasteiger partial charge in [0, 0.05) is 22.5 Å². The molecule has 0 saturated carbocycles. The molecule has 1 N–H and O–H groups in total. The Morgan fingerprint density at radius 3 is 3.16 bits per heavy atom. The fourth-order valence-electron chi connectivity index (χ4n) is 1.99. The van der Waals surface area contributed by atoms with E-state index < -0.39 is 11.9 Å². The van der Waals surface area contributed by atoms with Crippen molar-refractivity contribution >= 4 is 18.0 Å². The smallest absolute Gasteiger partial charge is 0.311 e. The van der Waals surface area contributed by atoms with Crippen molar-refractivity contribution in [3.63, 3.8) is 0 Å². The van der Waals surface area contributed by atoms with Gasteiger partial charge in [0.2, 0.25) is 0 Å². The molecule has 0 radical (unpaired) electrons. The molecule has 1 aliphatic heterocycles. The van der Waals surface area contributed by atoms with Crippen LogP contribution < -0.4 is 4.74 Å². The van der Waals surface area contributed by atoms with Gasteiger partial charge in [-0.25, -0.2) is 0 Å². The van der Waals surface area contributed by atoms with Crippen LogP contribution in [0.25, 0.3) is 0 Å². The van der Waals surface area contributed by atoms with Crippen LogP contribution in [0.1, 0.15) is 37.7 Å². The summed E-state index contributed by atoms with van der Waals surface area (Å²) in [6.07, 6.45) is 2.67. The normalized spacial score (nSPS) is 17.6. The minimum Gasteiger partial charge on any atom is -0.493 e. The molecule has 0 fully saturated rings. The average molecular weight is 282 g/mol. The molecule has 0 amide bonds. The Morgan fingerprint density at radius 2 is 2.42 bits per heavy atom. The molecule has 1 unspecified atom stereocenters. The second kappa shape index (κ2) is 6.82. The number of unbranched alkanes of at least 4 members (excludes halogenated alkanes) is 1. The molecule has 4 nitrogen and oxygen atoms in total. The second-order valence-corrected chi connectivity index (χ2v) is 5.36. The van der Waals surface area contributed by atoms with E-state index in [1.54, 1.807) is 0 Å². The van der Waals surface area contributed by atoms with E-state index in [4.69, 9.17) is 14.0 Å². The molecule has 2 rings (SSSR count). The fraction of sp³-hybridized carbons (Fsp3) is 0.500. The highest BCUT2D eigenvalue weighted by Crippen LogP contribution is 2.36. The minimum atomic E-state index is -0.788. The van der Waals surface area contributed by atoms with E-state index in [1.165, 1.54) is 12.0 Å². The zero-order valence-electron chi connectivity index (χ0n) is 10.9. The largest absolute Gasteiger partial charge is 0.493 e. The summed E-state index contributed by atoms with van der Waals surface area (Å²) in [6.45, 7) is 3.29. The van der Waals surface area contributed by atoms with Gasteiger partial charge in [-0.05, 0) is 25.0 Å². The Morgan fingerprint density at radius 1 is 1.58 bits per heavy atom. The van der Waals surface area contributed by atoms with Crippen LogP contribution in [0.15, 0.2) is 23.1 Å². The lowest BCUT2D eigenvalue weighted by atomic mass is 9.93. The predicted molar refractivity (Wildman–Crippen MR) is 73.6 cm³/mol. The van der Waals surface area contributed by atoms with Crippen LogP contribution in [0.3, 0.4) is 0 Å². The lowest BCUT2D eigenvalue weighted by Crippen LogP contribution is -2.20. The SMILES string of the molecule is CCCCOSc1ccc2c(c1)OCCC2C(=O)O. The van der Waals surface area contributed by atoms with Crippen molar-refractivity contribution in [1.82, 2.24) is 0 Å². The van der Waals surface area contributed by atoms with Crippen LogP contribution in [0, 0.1) is 0 Å². The lowest BCUT2D eigenvalue weighted by molar-refractivity contribution is -0.139. The highest BCUT2D eigenvalue weighted by molar-refractivity contribution is 7.94. The van der Waals surface area contributed by atoms with E-state index in [0.29, 0.717) is 18.8 Å². The number of hydrogen-bond donors (Lipinski definition) is 1. The van der Waals surface area contributed by atoms with Crippen LogP contribution in [0.4, 0.5) is 0 Å². The molecule has 0 aliphatic carbocycles. The summed E-state index contributed by atoms with van der Waals surface area (Å²) in [6, 6.07) is 5.58. The van der Waals surface area contributed by atoms with Crippen LogP contribution in [-0.2, 0) is 8.98 Å². The monoisotopic (exact) mass is 282 g/mol. The van der Waals surface area contributed by atoms with E-state index >= 15 is 0 Å². The number of carboxylic acid groups (broad SMARTS) is 1. The van der Waals surface area contributed by atoms with Gasteiger partial charge in [-0.3, -0.25) is 4.79 Å². The quantitative estimate of drug-likeness (QED) is 0.639.